The molecule has 1 aliphatic rings. The van der Waals surface area contributed by atoms with Crippen molar-refractivity contribution in [1.82, 2.24) is 15.3 Å². The Morgan fingerprint density at radius 2 is 2.35 bits per heavy atom. The molecular weight excluding hydrogens is 320 g/mol. The summed E-state index contributed by atoms with van der Waals surface area (Å²) in [6.45, 7) is 2.65. The average Bonchev–Trinajstić information content (AvgIpc) is 2.89. The van der Waals surface area contributed by atoms with E-state index in [0.717, 1.165) is 27.1 Å². The summed E-state index contributed by atoms with van der Waals surface area (Å²) in [5.41, 5.74) is 3.96. The van der Waals surface area contributed by atoms with Gasteiger partial charge in [0, 0.05) is 17.4 Å². The number of rotatable bonds is 2. The summed E-state index contributed by atoms with van der Waals surface area (Å²) in [6, 6.07) is 5.61. The molecule has 1 amide bonds. The van der Waals surface area contributed by atoms with Crippen molar-refractivity contribution < 1.29 is 4.79 Å². The summed E-state index contributed by atoms with van der Waals surface area (Å²) in [4.78, 5) is 19.6. The molecule has 5 nitrogen and oxygen atoms in total. The molecule has 1 unspecified atom stereocenters. The fraction of sp³-hybridized carbons (Fsp3) is 0.286. The van der Waals surface area contributed by atoms with E-state index in [0.29, 0.717) is 13.0 Å². The monoisotopic (exact) mass is 334 g/mol. The van der Waals surface area contributed by atoms with E-state index >= 15 is 0 Å². The maximum Gasteiger partial charge on any atom is 0.241 e. The van der Waals surface area contributed by atoms with Gasteiger partial charge in [-0.2, -0.15) is 0 Å². The van der Waals surface area contributed by atoms with Gasteiger partial charge in [0.15, 0.2) is 0 Å². The molecule has 6 heteroatoms. The molecule has 0 aliphatic carbocycles. The number of anilines is 1. The number of amides is 1. The van der Waals surface area contributed by atoms with E-state index in [1.54, 1.807) is 6.33 Å². The zero-order valence-corrected chi connectivity index (χ0v) is 12.6. The molecule has 0 saturated carbocycles. The lowest BCUT2D eigenvalue weighted by Gasteiger charge is -2.22. The van der Waals surface area contributed by atoms with Crippen LogP contribution < -0.4 is 10.6 Å². The molecule has 20 heavy (non-hydrogen) atoms. The van der Waals surface area contributed by atoms with Crippen LogP contribution in [0.1, 0.15) is 17.0 Å². The van der Waals surface area contributed by atoms with E-state index in [-0.39, 0.29) is 11.9 Å². The highest BCUT2D eigenvalue weighted by Crippen LogP contribution is 2.24. The predicted octanol–water partition coefficient (Wildman–Crippen LogP) is 2.13. The Hall–Kier alpha value is -1.66. The van der Waals surface area contributed by atoms with Crippen LogP contribution in [0.3, 0.4) is 0 Å². The summed E-state index contributed by atoms with van der Waals surface area (Å²) in [5, 5.41) is 6.16. The van der Waals surface area contributed by atoms with Crippen LogP contribution in [-0.2, 0) is 17.8 Å². The number of nitrogens with one attached hydrogen (secondary N) is 3. The molecule has 3 rings (SSSR count). The van der Waals surface area contributed by atoms with Crippen LogP contribution in [-0.4, -0.2) is 21.9 Å². The highest BCUT2D eigenvalue weighted by Gasteiger charge is 2.26. The molecule has 0 bridgehead atoms. The van der Waals surface area contributed by atoms with Gasteiger partial charge in [-0.25, -0.2) is 4.98 Å². The number of aryl methyl sites for hydroxylation is 1. The van der Waals surface area contributed by atoms with Crippen LogP contribution in [0.5, 0.6) is 0 Å². The SMILES string of the molecule is Cc1ccc(NC(=O)C2Cc3nc[nH]c3CN2)c(Br)c1. The minimum absolute atomic E-state index is 0.0387. The number of halogens is 1. The van der Waals surface area contributed by atoms with Crippen molar-refractivity contribution in [3.05, 3.63) is 46.0 Å². The van der Waals surface area contributed by atoms with Crippen LogP contribution in [0.4, 0.5) is 5.69 Å². The molecule has 1 aliphatic heterocycles. The van der Waals surface area contributed by atoms with Crippen molar-refractivity contribution in [2.24, 2.45) is 0 Å². The van der Waals surface area contributed by atoms with Crippen LogP contribution in [0.15, 0.2) is 29.0 Å². The van der Waals surface area contributed by atoms with Crippen LogP contribution in [0, 0.1) is 6.92 Å². The van der Waals surface area contributed by atoms with Crippen molar-refractivity contribution in [2.45, 2.75) is 25.9 Å². The first-order chi connectivity index (χ1) is 9.63. The maximum atomic E-state index is 12.3. The second-order valence-corrected chi connectivity index (χ2v) is 5.79. The molecule has 1 aromatic heterocycles. The van der Waals surface area contributed by atoms with E-state index in [1.807, 2.05) is 25.1 Å². The third kappa shape index (κ3) is 2.62. The van der Waals surface area contributed by atoms with Crippen molar-refractivity contribution in [2.75, 3.05) is 5.32 Å². The zero-order valence-electron chi connectivity index (χ0n) is 11.0. The summed E-state index contributed by atoms with van der Waals surface area (Å²) < 4.78 is 0.891. The second kappa shape index (κ2) is 5.38. The van der Waals surface area contributed by atoms with E-state index in [4.69, 9.17) is 0 Å². The van der Waals surface area contributed by atoms with Gasteiger partial charge in [0.05, 0.1) is 29.4 Å². The first-order valence-corrected chi connectivity index (χ1v) is 7.24. The fourth-order valence-corrected chi connectivity index (χ4v) is 2.89. The van der Waals surface area contributed by atoms with E-state index in [1.165, 1.54) is 0 Å². The Labute approximate surface area is 125 Å². The fourth-order valence-electron chi connectivity index (χ4n) is 2.30. The summed E-state index contributed by atoms with van der Waals surface area (Å²) in [6.07, 6.45) is 2.28. The third-order valence-electron chi connectivity index (χ3n) is 3.43. The maximum absolute atomic E-state index is 12.3. The number of imidazole rings is 1. The van der Waals surface area contributed by atoms with Gasteiger partial charge in [-0.05, 0) is 40.5 Å². The molecular formula is C14H15BrN4O. The summed E-state index contributed by atoms with van der Waals surface area (Å²) in [5.74, 6) is -0.0387. The van der Waals surface area contributed by atoms with Crippen molar-refractivity contribution in [3.8, 4) is 0 Å². The number of hydrogen-bond acceptors (Lipinski definition) is 3. The lowest BCUT2D eigenvalue weighted by Crippen LogP contribution is -2.44. The zero-order chi connectivity index (χ0) is 14.1. The lowest BCUT2D eigenvalue weighted by molar-refractivity contribution is -0.118. The molecule has 0 saturated heterocycles. The van der Waals surface area contributed by atoms with Crippen molar-refractivity contribution >= 4 is 27.5 Å². The van der Waals surface area contributed by atoms with E-state index < -0.39 is 0 Å². The van der Waals surface area contributed by atoms with Gasteiger partial charge in [-0.15, -0.1) is 0 Å². The standard InChI is InChI=1S/C14H15BrN4O/c1-8-2-3-10(9(15)4-8)19-14(20)12-5-11-13(6-16-12)18-7-17-11/h2-4,7,12,16H,5-6H2,1H3,(H,17,18)(H,19,20). The molecule has 1 atom stereocenters. The van der Waals surface area contributed by atoms with Gasteiger partial charge in [0.2, 0.25) is 5.91 Å². The van der Waals surface area contributed by atoms with Gasteiger partial charge in [0.1, 0.15) is 0 Å². The Kier molecular flexibility index (Phi) is 3.58. The lowest BCUT2D eigenvalue weighted by atomic mass is 10.0. The molecule has 104 valence electrons. The Bertz CT molecular complexity index is 652. The van der Waals surface area contributed by atoms with Crippen molar-refractivity contribution in [3.63, 3.8) is 0 Å². The minimum atomic E-state index is -0.251. The number of nitrogens with zero attached hydrogens (tertiary/aromatic N) is 1. The van der Waals surface area contributed by atoms with E-state index in [9.17, 15) is 4.79 Å². The van der Waals surface area contributed by atoms with Crippen LogP contribution in [0.2, 0.25) is 0 Å². The van der Waals surface area contributed by atoms with Gasteiger partial charge in [0.25, 0.3) is 0 Å². The molecule has 1 aromatic carbocycles. The van der Waals surface area contributed by atoms with Crippen molar-refractivity contribution in [1.29, 1.82) is 0 Å². The smallest absolute Gasteiger partial charge is 0.241 e. The number of benzene rings is 1. The normalized spacial score (nSPS) is 17.6. The number of H-pyrrole nitrogens is 1. The molecule has 2 heterocycles. The molecule has 0 fully saturated rings. The number of carbonyl (C=O) groups is 1. The minimum Gasteiger partial charge on any atom is -0.347 e. The Balaban J connectivity index is 1.71. The summed E-state index contributed by atoms with van der Waals surface area (Å²) >= 11 is 3.47. The van der Waals surface area contributed by atoms with Crippen LogP contribution >= 0.6 is 15.9 Å². The number of carbonyl (C=O) groups excluding carboxylic acids is 1. The van der Waals surface area contributed by atoms with Gasteiger partial charge < -0.3 is 10.3 Å². The summed E-state index contributed by atoms with van der Waals surface area (Å²) in [7, 11) is 0. The third-order valence-corrected chi connectivity index (χ3v) is 4.09. The predicted molar refractivity (Wildman–Crippen MR) is 80.4 cm³/mol. The molecule has 0 radical (unpaired) electrons. The Morgan fingerprint density at radius 3 is 3.15 bits per heavy atom. The highest BCUT2D eigenvalue weighted by atomic mass is 79.9. The largest absolute Gasteiger partial charge is 0.347 e. The number of hydrogen-bond donors (Lipinski definition) is 3. The van der Waals surface area contributed by atoms with Gasteiger partial charge >= 0.3 is 0 Å². The Morgan fingerprint density at radius 1 is 1.50 bits per heavy atom. The molecule has 0 spiro atoms. The highest BCUT2D eigenvalue weighted by molar-refractivity contribution is 9.10. The van der Waals surface area contributed by atoms with Gasteiger partial charge in [-0.3, -0.25) is 10.1 Å². The molecule has 2 aromatic rings. The molecule has 3 N–H and O–H groups in total. The first kappa shape index (κ1) is 13.3. The number of aromatic amines is 1. The average molecular weight is 335 g/mol. The number of aromatic nitrogens is 2. The van der Waals surface area contributed by atoms with Gasteiger partial charge in [-0.1, -0.05) is 6.07 Å². The van der Waals surface area contributed by atoms with Crippen LogP contribution in [0.25, 0.3) is 0 Å². The first-order valence-electron chi connectivity index (χ1n) is 6.45. The quantitative estimate of drug-likeness (QED) is 0.788. The van der Waals surface area contributed by atoms with E-state index in [2.05, 4.69) is 36.5 Å². The second-order valence-electron chi connectivity index (χ2n) is 4.94. The topological polar surface area (TPSA) is 69.8 Å². The number of fused-ring (bicyclic) bond motifs is 1.